The number of nitrogens with one attached hydrogen (secondary N) is 2. The van der Waals surface area contributed by atoms with Crippen LogP contribution in [0.3, 0.4) is 0 Å². The first-order valence-electron chi connectivity index (χ1n) is 7.62. The molecule has 0 saturated carbocycles. The number of carbonyl (C=O) groups is 2. The number of hydrogen-bond donors (Lipinski definition) is 2. The van der Waals surface area contributed by atoms with Gasteiger partial charge in [-0.05, 0) is 17.0 Å². The fraction of sp³-hybridized carbons (Fsp3) is 0.176. The van der Waals surface area contributed by atoms with E-state index >= 15 is 0 Å². The van der Waals surface area contributed by atoms with Crippen molar-refractivity contribution in [1.82, 2.24) is 10.6 Å². The van der Waals surface area contributed by atoms with Crippen LogP contribution < -0.4 is 10.6 Å². The minimum absolute atomic E-state index is 0.0165. The molecule has 9 heteroatoms. The van der Waals surface area contributed by atoms with Gasteiger partial charge in [0.25, 0.3) is 0 Å². The van der Waals surface area contributed by atoms with Gasteiger partial charge in [0.1, 0.15) is 4.21 Å². The van der Waals surface area contributed by atoms with Crippen molar-refractivity contribution in [3.8, 4) is 0 Å². The molecule has 1 aromatic carbocycles. The molecule has 136 valence electrons. The maximum absolute atomic E-state index is 12.6. The maximum Gasteiger partial charge on any atom is 0.338 e. The number of amides is 2. The average Bonchev–Trinajstić information content (AvgIpc) is 3.17. The van der Waals surface area contributed by atoms with Gasteiger partial charge in [-0.25, -0.2) is 18.0 Å². The van der Waals surface area contributed by atoms with Crippen molar-refractivity contribution in [2.24, 2.45) is 0 Å². The Balaban J connectivity index is 2.09. The third-order valence-electron chi connectivity index (χ3n) is 3.83. The predicted molar refractivity (Wildman–Crippen MR) is 96.3 cm³/mol. The van der Waals surface area contributed by atoms with Crippen molar-refractivity contribution in [2.45, 2.75) is 10.3 Å². The first kappa shape index (κ1) is 18.2. The molecule has 2 amide bonds. The molecular formula is C17H16N2O5S2. The molecule has 3 rings (SSSR count). The average molecular weight is 392 g/mol. The Hall–Kier alpha value is -2.65. The number of urea groups is 1. The number of methoxy groups -OCH3 is 1. The molecule has 1 atom stereocenters. The third kappa shape index (κ3) is 3.63. The fourth-order valence-corrected chi connectivity index (χ4v) is 5.09. The Morgan fingerprint density at radius 1 is 1.19 bits per heavy atom. The van der Waals surface area contributed by atoms with Gasteiger partial charge in [0.05, 0.1) is 24.5 Å². The molecule has 7 nitrogen and oxygen atoms in total. The monoisotopic (exact) mass is 392 g/mol. The highest BCUT2D eigenvalue weighted by Crippen LogP contribution is 2.29. The molecule has 2 heterocycles. The molecule has 0 saturated heterocycles. The van der Waals surface area contributed by atoms with Crippen molar-refractivity contribution in [2.75, 3.05) is 12.9 Å². The highest BCUT2D eigenvalue weighted by atomic mass is 32.2. The van der Waals surface area contributed by atoms with Crippen LogP contribution in [-0.2, 0) is 19.4 Å². The van der Waals surface area contributed by atoms with E-state index in [0.717, 1.165) is 11.3 Å². The number of sulfone groups is 1. The quantitative estimate of drug-likeness (QED) is 0.758. The summed E-state index contributed by atoms with van der Waals surface area (Å²) in [6.45, 7) is 0. The number of esters is 1. The van der Waals surface area contributed by atoms with E-state index < -0.39 is 33.6 Å². The Bertz CT molecular complexity index is 950. The molecule has 1 aliphatic heterocycles. The highest BCUT2D eigenvalue weighted by molar-refractivity contribution is 7.93. The van der Waals surface area contributed by atoms with Crippen molar-refractivity contribution in [1.29, 1.82) is 0 Å². The van der Waals surface area contributed by atoms with Gasteiger partial charge >= 0.3 is 12.0 Å². The van der Waals surface area contributed by atoms with E-state index in [1.54, 1.807) is 41.8 Å². The smallest absolute Gasteiger partial charge is 0.338 e. The van der Waals surface area contributed by atoms with Gasteiger partial charge in [-0.2, -0.15) is 0 Å². The second kappa shape index (κ2) is 7.30. The van der Waals surface area contributed by atoms with Crippen LogP contribution >= 0.6 is 11.3 Å². The molecule has 2 aromatic rings. The number of hydrogen-bond acceptors (Lipinski definition) is 6. The van der Waals surface area contributed by atoms with E-state index in [1.807, 2.05) is 0 Å². The third-order valence-corrected chi connectivity index (χ3v) is 6.96. The van der Waals surface area contributed by atoms with E-state index in [2.05, 4.69) is 10.6 Å². The zero-order chi connectivity index (χ0) is 18.7. The van der Waals surface area contributed by atoms with E-state index in [-0.39, 0.29) is 15.5 Å². The van der Waals surface area contributed by atoms with Gasteiger partial charge in [0.15, 0.2) is 9.84 Å². The zero-order valence-corrected chi connectivity index (χ0v) is 15.4. The number of carbonyl (C=O) groups excluding carboxylic acids is 2. The molecule has 0 bridgehead atoms. The van der Waals surface area contributed by atoms with Crippen LogP contribution in [0.25, 0.3) is 0 Å². The normalized spacial score (nSPS) is 17.4. The molecule has 2 N–H and O–H groups in total. The first-order chi connectivity index (χ1) is 12.4. The molecular weight excluding hydrogens is 376 g/mol. The minimum Gasteiger partial charge on any atom is -0.466 e. The molecule has 26 heavy (non-hydrogen) atoms. The zero-order valence-electron chi connectivity index (χ0n) is 13.8. The summed E-state index contributed by atoms with van der Waals surface area (Å²) in [5.41, 5.74) is 0.732. The minimum atomic E-state index is -3.71. The lowest BCUT2D eigenvalue weighted by molar-refractivity contribution is -0.136. The molecule has 1 unspecified atom stereocenters. The predicted octanol–water partition coefficient (Wildman–Crippen LogP) is 2.00. The Morgan fingerprint density at radius 2 is 1.92 bits per heavy atom. The van der Waals surface area contributed by atoms with Crippen LogP contribution in [0.2, 0.25) is 0 Å². The second-order valence-electron chi connectivity index (χ2n) is 5.52. The van der Waals surface area contributed by atoms with Gasteiger partial charge in [-0.3, -0.25) is 0 Å². The summed E-state index contributed by atoms with van der Waals surface area (Å²) in [4.78, 5) is 24.5. The standard InChI is InChI=1S/C17H16N2O5S2/c1-24-16(20)14-12(10-26(22,23)13-8-5-9-25-13)18-17(21)19-15(14)11-6-3-2-4-7-11/h2-9,15H,10H2,1H3,(H2,18,19,21). The van der Waals surface area contributed by atoms with Gasteiger partial charge in [0.2, 0.25) is 0 Å². The van der Waals surface area contributed by atoms with Gasteiger partial charge < -0.3 is 15.4 Å². The SMILES string of the molecule is COC(=O)C1=C(CS(=O)(=O)c2cccs2)NC(=O)NC1c1ccccc1. The van der Waals surface area contributed by atoms with E-state index in [9.17, 15) is 18.0 Å². The lowest BCUT2D eigenvalue weighted by atomic mass is 9.96. The van der Waals surface area contributed by atoms with E-state index in [0.29, 0.717) is 5.56 Å². The van der Waals surface area contributed by atoms with Gasteiger partial charge in [-0.15, -0.1) is 11.3 Å². The van der Waals surface area contributed by atoms with Crippen molar-refractivity contribution in [3.05, 3.63) is 64.7 Å². The van der Waals surface area contributed by atoms with Crippen LogP contribution in [0.15, 0.2) is 63.3 Å². The maximum atomic E-state index is 12.6. The van der Waals surface area contributed by atoms with E-state index in [4.69, 9.17) is 4.74 Å². The number of benzene rings is 1. The van der Waals surface area contributed by atoms with Gasteiger partial charge in [-0.1, -0.05) is 36.4 Å². The van der Waals surface area contributed by atoms with Crippen molar-refractivity contribution < 1.29 is 22.7 Å². The van der Waals surface area contributed by atoms with Crippen molar-refractivity contribution in [3.63, 3.8) is 0 Å². The van der Waals surface area contributed by atoms with Crippen LogP contribution in [-0.4, -0.2) is 33.3 Å². The molecule has 0 aliphatic carbocycles. The summed E-state index contributed by atoms with van der Waals surface area (Å²) in [6, 6.07) is 10.5. The van der Waals surface area contributed by atoms with Crippen LogP contribution in [0, 0.1) is 0 Å². The second-order valence-corrected chi connectivity index (χ2v) is 8.68. The number of ether oxygens (including phenoxy) is 1. The molecule has 0 radical (unpaired) electrons. The van der Waals surface area contributed by atoms with Crippen LogP contribution in [0.1, 0.15) is 11.6 Å². The Kier molecular flexibility index (Phi) is 5.10. The molecule has 0 fully saturated rings. The largest absolute Gasteiger partial charge is 0.466 e. The lowest BCUT2D eigenvalue weighted by Gasteiger charge is -2.29. The van der Waals surface area contributed by atoms with Crippen LogP contribution in [0.5, 0.6) is 0 Å². The summed E-state index contributed by atoms with van der Waals surface area (Å²) in [5.74, 6) is -1.21. The Labute approximate surface area is 154 Å². The molecule has 0 spiro atoms. The molecule has 1 aliphatic rings. The summed E-state index contributed by atoms with van der Waals surface area (Å²) >= 11 is 1.08. The number of rotatable bonds is 5. The Morgan fingerprint density at radius 3 is 2.54 bits per heavy atom. The fourth-order valence-electron chi connectivity index (χ4n) is 2.68. The van der Waals surface area contributed by atoms with Crippen LogP contribution in [0.4, 0.5) is 4.79 Å². The van der Waals surface area contributed by atoms with Crippen molar-refractivity contribution >= 4 is 33.2 Å². The first-order valence-corrected chi connectivity index (χ1v) is 10.2. The summed E-state index contributed by atoms with van der Waals surface area (Å²) in [7, 11) is -2.50. The summed E-state index contributed by atoms with van der Waals surface area (Å²) < 4.78 is 30.2. The molecule has 1 aromatic heterocycles. The summed E-state index contributed by atoms with van der Waals surface area (Å²) in [6.07, 6.45) is 0. The highest BCUT2D eigenvalue weighted by Gasteiger charge is 2.35. The summed E-state index contributed by atoms with van der Waals surface area (Å²) in [5, 5.41) is 6.75. The lowest BCUT2D eigenvalue weighted by Crippen LogP contribution is -2.47. The number of thiophene rings is 1. The topological polar surface area (TPSA) is 102 Å². The van der Waals surface area contributed by atoms with Gasteiger partial charge in [0, 0.05) is 5.70 Å². The van der Waals surface area contributed by atoms with E-state index in [1.165, 1.54) is 13.2 Å².